The molecule has 0 saturated heterocycles. The second-order valence-corrected chi connectivity index (χ2v) is 7.68. The summed E-state index contributed by atoms with van der Waals surface area (Å²) < 4.78 is 13.8. The molecule has 3 aromatic rings. The lowest BCUT2D eigenvalue weighted by Crippen LogP contribution is -2.29. The van der Waals surface area contributed by atoms with Crippen molar-refractivity contribution in [1.82, 2.24) is 4.90 Å². The Hall–Kier alpha value is -3.07. The monoisotopic (exact) mass is 500 g/mol. The normalized spacial score (nSPS) is 12.8. The third kappa shape index (κ3) is 3.77. The van der Waals surface area contributed by atoms with Crippen LogP contribution >= 0.6 is 22.6 Å². The molecule has 0 atom stereocenters. The molecule has 0 aromatic heterocycles. The van der Waals surface area contributed by atoms with E-state index in [4.69, 9.17) is 0 Å². The first-order valence-electron chi connectivity index (χ1n) is 8.74. The van der Waals surface area contributed by atoms with Crippen molar-refractivity contribution in [2.24, 2.45) is 0 Å². The van der Waals surface area contributed by atoms with Crippen LogP contribution in [-0.4, -0.2) is 22.6 Å². The first-order valence-corrected chi connectivity index (χ1v) is 9.82. The van der Waals surface area contributed by atoms with Crippen LogP contribution < -0.4 is 5.32 Å². The summed E-state index contributed by atoms with van der Waals surface area (Å²) in [6.07, 6.45) is 0. The molecular formula is C22H14FIN2O3. The fourth-order valence-electron chi connectivity index (χ4n) is 3.14. The summed E-state index contributed by atoms with van der Waals surface area (Å²) in [5.41, 5.74) is 2.31. The molecule has 0 fully saturated rings. The molecule has 0 unspecified atom stereocenters. The van der Waals surface area contributed by atoms with Gasteiger partial charge in [0, 0.05) is 9.26 Å². The summed E-state index contributed by atoms with van der Waals surface area (Å²) >= 11 is 2.05. The zero-order valence-electron chi connectivity index (χ0n) is 15.0. The number of anilines is 1. The van der Waals surface area contributed by atoms with E-state index in [0.29, 0.717) is 31.5 Å². The minimum absolute atomic E-state index is 0.0695. The van der Waals surface area contributed by atoms with Crippen molar-refractivity contribution in [2.45, 2.75) is 6.54 Å². The van der Waals surface area contributed by atoms with Crippen molar-refractivity contribution in [3.05, 3.63) is 98.4 Å². The fraction of sp³-hybridized carbons (Fsp3) is 0.0455. The molecule has 0 aliphatic carbocycles. The third-order valence-electron chi connectivity index (χ3n) is 4.60. The summed E-state index contributed by atoms with van der Waals surface area (Å²) in [5.74, 6) is -1.44. The van der Waals surface area contributed by atoms with E-state index in [1.165, 1.54) is 29.2 Å². The molecule has 5 nitrogen and oxygen atoms in total. The standard InChI is InChI=1S/C22H14FIN2O3/c23-14-6-8-15(9-7-14)25-20(27)18-11-13(5-10-19(18)24)12-26-21(28)16-3-1-2-4-17(16)22(26)29/h1-11H,12H2,(H,25,27). The highest BCUT2D eigenvalue weighted by Gasteiger charge is 2.35. The average molecular weight is 500 g/mol. The molecule has 0 spiro atoms. The lowest BCUT2D eigenvalue weighted by atomic mass is 10.1. The smallest absolute Gasteiger partial charge is 0.261 e. The zero-order chi connectivity index (χ0) is 20.5. The maximum absolute atomic E-state index is 13.0. The third-order valence-corrected chi connectivity index (χ3v) is 5.54. The quantitative estimate of drug-likeness (QED) is 0.425. The number of rotatable bonds is 4. The number of fused-ring (bicyclic) bond motifs is 1. The van der Waals surface area contributed by atoms with E-state index in [1.54, 1.807) is 42.5 Å². The Balaban J connectivity index is 1.56. The van der Waals surface area contributed by atoms with E-state index >= 15 is 0 Å². The topological polar surface area (TPSA) is 66.5 Å². The van der Waals surface area contributed by atoms with Crippen molar-refractivity contribution in [3.8, 4) is 0 Å². The predicted molar refractivity (Wildman–Crippen MR) is 114 cm³/mol. The van der Waals surface area contributed by atoms with Crippen molar-refractivity contribution >= 4 is 46.0 Å². The van der Waals surface area contributed by atoms with E-state index in [0.717, 1.165) is 0 Å². The Labute approximate surface area is 179 Å². The zero-order valence-corrected chi connectivity index (χ0v) is 17.1. The number of imide groups is 1. The number of benzene rings is 3. The number of carbonyl (C=O) groups is 3. The second-order valence-electron chi connectivity index (χ2n) is 6.52. The first-order chi connectivity index (χ1) is 13.9. The molecule has 4 rings (SSSR count). The molecule has 3 amide bonds. The van der Waals surface area contributed by atoms with Crippen LogP contribution in [0.25, 0.3) is 0 Å². The van der Waals surface area contributed by atoms with Gasteiger partial charge in [-0.2, -0.15) is 0 Å². The summed E-state index contributed by atoms with van der Waals surface area (Å²) in [6, 6.07) is 17.4. The van der Waals surface area contributed by atoms with Gasteiger partial charge in [0.1, 0.15) is 5.82 Å². The molecule has 29 heavy (non-hydrogen) atoms. The van der Waals surface area contributed by atoms with E-state index in [1.807, 2.05) is 22.6 Å². The Morgan fingerprint density at radius 1 is 0.931 bits per heavy atom. The van der Waals surface area contributed by atoms with Gasteiger partial charge in [0.15, 0.2) is 0 Å². The van der Waals surface area contributed by atoms with Crippen molar-refractivity contribution in [1.29, 1.82) is 0 Å². The molecular weight excluding hydrogens is 486 g/mol. The molecule has 0 radical (unpaired) electrons. The van der Waals surface area contributed by atoms with Gasteiger partial charge in [-0.25, -0.2) is 4.39 Å². The second kappa shape index (κ2) is 7.75. The number of amides is 3. The summed E-state index contributed by atoms with van der Waals surface area (Å²) in [5, 5.41) is 2.72. The van der Waals surface area contributed by atoms with Crippen LogP contribution in [0.1, 0.15) is 36.6 Å². The van der Waals surface area contributed by atoms with Gasteiger partial charge in [-0.3, -0.25) is 19.3 Å². The van der Waals surface area contributed by atoms with Crippen LogP contribution in [0.4, 0.5) is 10.1 Å². The van der Waals surface area contributed by atoms with E-state index in [2.05, 4.69) is 5.32 Å². The molecule has 3 aromatic carbocycles. The summed E-state index contributed by atoms with van der Waals surface area (Å²) in [7, 11) is 0. The highest BCUT2D eigenvalue weighted by Crippen LogP contribution is 2.25. The molecule has 1 N–H and O–H groups in total. The molecule has 1 aliphatic heterocycles. The van der Waals surface area contributed by atoms with Gasteiger partial charge < -0.3 is 5.32 Å². The minimum Gasteiger partial charge on any atom is -0.322 e. The molecule has 1 heterocycles. The Bertz CT molecular complexity index is 1110. The van der Waals surface area contributed by atoms with Gasteiger partial charge in [-0.05, 0) is 76.7 Å². The SMILES string of the molecule is O=C(Nc1ccc(F)cc1)c1cc(CN2C(=O)c3ccccc3C2=O)ccc1I. The van der Waals surface area contributed by atoms with E-state index in [-0.39, 0.29) is 30.1 Å². The molecule has 0 bridgehead atoms. The average Bonchev–Trinajstić information content (AvgIpc) is 2.96. The molecule has 1 aliphatic rings. The first kappa shape index (κ1) is 19.3. The van der Waals surface area contributed by atoms with Crippen molar-refractivity contribution < 1.29 is 18.8 Å². The number of nitrogens with zero attached hydrogens (tertiary/aromatic N) is 1. The maximum Gasteiger partial charge on any atom is 0.261 e. The highest BCUT2D eigenvalue weighted by molar-refractivity contribution is 14.1. The lowest BCUT2D eigenvalue weighted by Gasteiger charge is -2.15. The van der Waals surface area contributed by atoms with Gasteiger partial charge in [-0.1, -0.05) is 18.2 Å². The Morgan fingerprint density at radius 2 is 1.55 bits per heavy atom. The maximum atomic E-state index is 13.0. The van der Waals surface area contributed by atoms with Gasteiger partial charge in [0.2, 0.25) is 0 Å². The van der Waals surface area contributed by atoms with Crippen molar-refractivity contribution in [3.63, 3.8) is 0 Å². The number of hydrogen-bond donors (Lipinski definition) is 1. The van der Waals surface area contributed by atoms with Crippen LogP contribution in [0.5, 0.6) is 0 Å². The number of hydrogen-bond acceptors (Lipinski definition) is 3. The van der Waals surface area contributed by atoms with Crippen LogP contribution in [0.3, 0.4) is 0 Å². The predicted octanol–water partition coefficient (Wildman–Crippen LogP) is 4.48. The largest absolute Gasteiger partial charge is 0.322 e. The van der Waals surface area contributed by atoms with Gasteiger partial charge in [0.05, 0.1) is 23.2 Å². The van der Waals surface area contributed by atoms with Crippen LogP contribution in [0.2, 0.25) is 0 Å². The molecule has 144 valence electrons. The van der Waals surface area contributed by atoms with Crippen molar-refractivity contribution in [2.75, 3.05) is 5.32 Å². The summed E-state index contributed by atoms with van der Waals surface area (Å²) in [4.78, 5) is 39.0. The summed E-state index contributed by atoms with van der Waals surface area (Å²) in [6.45, 7) is 0.0695. The Morgan fingerprint density at radius 3 is 2.17 bits per heavy atom. The fourth-order valence-corrected chi connectivity index (χ4v) is 3.72. The van der Waals surface area contributed by atoms with Crippen LogP contribution in [0.15, 0.2) is 66.7 Å². The van der Waals surface area contributed by atoms with Crippen LogP contribution in [-0.2, 0) is 6.54 Å². The molecule has 7 heteroatoms. The number of carbonyl (C=O) groups excluding carboxylic acids is 3. The van der Waals surface area contributed by atoms with Crippen LogP contribution in [0, 0.1) is 9.39 Å². The van der Waals surface area contributed by atoms with Gasteiger partial charge in [0.25, 0.3) is 17.7 Å². The van der Waals surface area contributed by atoms with Gasteiger partial charge >= 0.3 is 0 Å². The minimum atomic E-state index is -0.388. The lowest BCUT2D eigenvalue weighted by molar-refractivity contribution is 0.0642. The van der Waals surface area contributed by atoms with E-state index in [9.17, 15) is 18.8 Å². The highest BCUT2D eigenvalue weighted by atomic mass is 127. The molecule has 0 saturated carbocycles. The number of halogens is 2. The van der Waals surface area contributed by atoms with Gasteiger partial charge in [-0.15, -0.1) is 0 Å². The number of nitrogens with one attached hydrogen (secondary N) is 1. The Kier molecular flexibility index (Phi) is 5.14. The van der Waals surface area contributed by atoms with E-state index < -0.39 is 0 Å².